The number of hydrogen-bond acceptors (Lipinski definition) is 3. The van der Waals surface area contributed by atoms with E-state index in [1.165, 1.54) is 0 Å². The van der Waals surface area contributed by atoms with E-state index in [1.54, 1.807) is 0 Å². The van der Waals surface area contributed by atoms with E-state index in [0.717, 1.165) is 30.1 Å². The van der Waals surface area contributed by atoms with Gasteiger partial charge in [-0.25, -0.2) is 0 Å². The number of amides is 1. The summed E-state index contributed by atoms with van der Waals surface area (Å²) in [6.45, 7) is 5.95. The van der Waals surface area contributed by atoms with E-state index in [2.05, 4.69) is 11.4 Å². The van der Waals surface area contributed by atoms with Gasteiger partial charge in [0.1, 0.15) is 11.5 Å². The molecule has 0 radical (unpaired) electrons. The normalized spacial score (nSPS) is 14.8. The molecule has 0 saturated heterocycles. The molecule has 0 unspecified atom stereocenters. The minimum atomic E-state index is 0.00972. The summed E-state index contributed by atoms with van der Waals surface area (Å²) in [5, 5.41) is 3.34. The van der Waals surface area contributed by atoms with Gasteiger partial charge in [0.25, 0.3) is 5.91 Å². The smallest absolute Gasteiger partial charge is 0.261 e. The van der Waals surface area contributed by atoms with Crippen LogP contribution in [0, 0.1) is 13.8 Å². The van der Waals surface area contributed by atoms with Crippen LogP contribution in [0.5, 0.6) is 0 Å². The predicted molar refractivity (Wildman–Crippen MR) is 78.0 cm³/mol. The van der Waals surface area contributed by atoms with E-state index in [1.807, 2.05) is 43.0 Å². The first-order valence-corrected chi connectivity index (χ1v) is 6.84. The highest BCUT2D eigenvalue weighted by molar-refractivity contribution is 6.07. The van der Waals surface area contributed by atoms with Crippen LogP contribution in [0.1, 0.15) is 27.4 Å². The number of aryl methyl sites for hydroxylation is 2. The van der Waals surface area contributed by atoms with Crippen molar-refractivity contribution in [3.8, 4) is 0 Å². The maximum Gasteiger partial charge on any atom is 0.261 e. The van der Waals surface area contributed by atoms with Crippen molar-refractivity contribution >= 4 is 11.6 Å². The summed E-state index contributed by atoms with van der Waals surface area (Å²) in [6.07, 6.45) is 0. The summed E-state index contributed by atoms with van der Waals surface area (Å²) in [5.41, 5.74) is 2.79. The molecule has 104 valence electrons. The van der Waals surface area contributed by atoms with Crippen LogP contribution in [-0.4, -0.2) is 19.0 Å². The molecule has 1 amide bonds. The van der Waals surface area contributed by atoms with Crippen molar-refractivity contribution in [2.24, 2.45) is 0 Å². The number of nitrogens with zero attached hydrogens (tertiary/aromatic N) is 1. The molecule has 20 heavy (non-hydrogen) atoms. The van der Waals surface area contributed by atoms with Crippen LogP contribution in [-0.2, 0) is 6.54 Å². The number of fused-ring (bicyclic) bond motifs is 1. The highest BCUT2D eigenvalue weighted by Gasteiger charge is 2.24. The Bertz CT molecular complexity index is 646. The van der Waals surface area contributed by atoms with Gasteiger partial charge in [0.15, 0.2) is 0 Å². The number of carbonyl (C=O) groups is 1. The SMILES string of the molecule is Cc1cc(C(=O)N2CCNCc3ccccc32)c(C)o1. The third-order valence-corrected chi connectivity index (χ3v) is 3.63. The van der Waals surface area contributed by atoms with Crippen molar-refractivity contribution in [3.63, 3.8) is 0 Å². The molecule has 0 spiro atoms. The van der Waals surface area contributed by atoms with E-state index in [0.29, 0.717) is 17.9 Å². The van der Waals surface area contributed by atoms with Gasteiger partial charge < -0.3 is 14.6 Å². The third-order valence-electron chi connectivity index (χ3n) is 3.63. The van der Waals surface area contributed by atoms with Gasteiger partial charge in [-0.05, 0) is 31.5 Å². The summed E-state index contributed by atoms with van der Waals surface area (Å²) < 4.78 is 5.48. The van der Waals surface area contributed by atoms with Gasteiger partial charge in [0.2, 0.25) is 0 Å². The number of para-hydroxylation sites is 1. The minimum absolute atomic E-state index is 0.00972. The van der Waals surface area contributed by atoms with E-state index < -0.39 is 0 Å². The number of furan rings is 1. The number of rotatable bonds is 1. The first kappa shape index (κ1) is 12.9. The average Bonchev–Trinajstić information content (AvgIpc) is 2.66. The summed E-state index contributed by atoms with van der Waals surface area (Å²) in [7, 11) is 0. The van der Waals surface area contributed by atoms with E-state index in [4.69, 9.17) is 4.42 Å². The van der Waals surface area contributed by atoms with Crippen molar-refractivity contribution < 1.29 is 9.21 Å². The molecule has 2 aromatic rings. The number of carbonyl (C=O) groups excluding carboxylic acids is 1. The third kappa shape index (κ3) is 2.23. The Labute approximate surface area is 118 Å². The van der Waals surface area contributed by atoms with Gasteiger partial charge in [-0.1, -0.05) is 18.2 Å². The summed E-state index contributed by atoms with van der Waals surface area (Å²) in [6, 6.07) is 9.85. The van der Waals surface area contributed by atoms with Crippen LogP contribution < -0.4 is 10.2 Å². The predicted octanol–water partition coefficient (Wildman–Crippen LogP) is 2.65. The molecule has 0 saturated carbocycles. The van der Waals surface area contributed by atoms with Crippen molar-refractivity contribution in [1.29, 1.82) is 0 Å². The molecule has 4 heteroatoms. The van der Waals surface area contributed by atoms with E-state index in [-0.39, 0.29) is 5.91 Å². The molecule has 1 N–H and O–H groups in total. The molecule has 2 heterocycles. The van der Waals surface area contributed by atoms with Crippen LogP contribution in [0.2, 0.25) is 0 Å². The molecule has 0 atom stereocenters. The zero-order valence-electron chi connectivity index (χ0n) is 11.8. The Kier molecular flexibility index (Phi) is 3.32. The summed E-state index contributed by atoms with van der Waals surface area (Å²) in [4.78, 5) is 14.6. The second-order valence-corrected chi connectivity index (χ2v) is 5.09. The molecular formula is C16H18N2O2. The standard InChI is InChI=1S/C16H18N2O2/c1-11-9-14(12(2)20-11)16(19)18-8-7-17-10-13-5-3-4-6-15(13)18/h3-6,9,17H,7-8,10H2,1-2H3. The van der Waals surface area contributed by atoms with Gasteiger partial charge in [-0.3, -0.25) is 4.79 Å². The molecule has 1 aliphatic heterocycles. The zero-order valence-corrected chi connectivity index (χ0v) is 11.8. The zero-order chi connectivity index (χ0) is 14.1. The Morgan fingerprint density at radius 3 is 2.85 bits per heavy atom. The average molecular weight is 270 g/mol. The Morgan fingerprint density at radius 1 is 1.30 bits per heavy atom. The first-order chi connectivity index (χ1) is 9.66. The van der Waals surface area contributed by atoms with E-state index in [9.17, 15) is 4.79 Å². The first-order valence-electron chi connectivity index (χ1n) is 6.84. The lowest BCUT2D eigenvalue weighted by atomic mass is 10.1. The fraction of sp³-hybridized carbons (Fsp3) is 0.312. The molecular weight excluding hydrogens is 252 g/mol. The van der Waals surface area contributed by atoms with Crippen LogP contribution in [0.3, 0.4) is 0 Å². The van der Waals surface area contributed by atoms with Crippen LogP contribution in [0.4, 0.5) is 5.69 Å². The number of anilines is 1. The van der Waals surface area contributed by atoms with Gasteiger partial charge in [-0.2, -0.15) is 0 Å². The van der Waals surface area contributed by atoms with Crippen LogP contribution in [0.15, 0.2) is 34.7 Å². The second kappa shape index (κ2) is 5.13. The monoisotopic (exact) mass is 270 g/mol. The molecule has 3 rings (SSSR count). The van der Waals surface area contributed by atoms with Gasteiger partial charge in [0, 0.05) is 25.3 Å². The molecule has 0 fully saturated rings. The molecule has 0 bridgehead atoms. The van der Waals surface area contributed by atoms with Gasteiger partial charge in [-0.15, -0.1) is 0 Å². The molecule has 4 nitrogen and oxygen atoms in total. The maximum atomic E-state index is 12.8. The highest BCUT2D eigenvalue weighted by atomic mass is 16.3. The molecule has 1 aromatic heterocycles. The summed E-state index contributed by atoms with van der Waals surface area (Å²) in [5.74, 6) is 1.46. The lowest BCUT2D eigenvalue weighted by molar-refractivity contribution is 0.0986. The molecule has 1 aromatic carbocycles. The largest absolute Gasteiger partial charge is 0.466 e. The fourth-order valence-corrected chi connectivity index (χ4v) is 2.66. The van der Waals surface area contributed by atoms with Crippen molar-refractivity contribution in [2.45, 2.75) is 20.4 Å². The number of benzene rings is 1. The van der Waals surface area contributed by atoms with Gasteiger partial charge in [0.05, 0.1) is 5.56 Å². The topological polar surface area (TPSA) is 45.5 Å². The Hall–Kier alpha value is -2.07. The molecule has 1 aliphatic rings. The fourth-order valence-electron chi connectivity index (χ4n) is 2.66. The van der Waals surface area contributed by atoms with Crippen molar-refractivity contribution in [3.05, 3.63) is 53.0 Å². The lowest BCUT2D eigenvalue weighted by Crippen LogP contribution is -2.34. The van der Waals surface area contributed by atoms with Gasteiger partial charge >= 0.3 is 0 Å². The number of nitrogens with one attached hydrogen (secondary N) is 1. The lowest BCUT2D eigenvalue weighted by Gasteiger charge is -2.22. The quantitative estimate of drug-likeness (QED) is 0.866. The highest BCUT2D eigenvalue weighted by Crippen LogP contribution is 2.25. The Balaban J connectivity index is 2.01. The van der Waals surface area contributed by atoms with Crippen LogP contribution >= 0.6 is 0 Å². The minimum Gasteiger partial charge on any atom is -0.466 e. The maximum absolute atomic E-state index is 12.8. The number of hydrogen-bond donors (Lipinski definition) is 1. The second-order valence-electron chi connectivity index (χ2n) is 5.09. The van der Waals surface area contributed by atoms with Crippen LogP contribution in [0.25, 0.3) is 0 Å². The summed E-state index contributed by atoms with van der Waals surface area (Å²) >= 11 is 0. The molecule has 0 aliphatic carbocycles. The van der Waals surface area contributed by atoms with Crippen molar-refractivity contribution in [1.82, 2.24) is 5.32 Å². The van der Waals surface area contributed by atoms with Crippen molar-refractivity contribution in [2.75, 3.05) is 18.0 Å². The Morgan fingerprint density at radius 2 is 2.10 bits per heavy atom. The van der Waals surface area contributed by atoms with E-state index >= 15 is 0 Å².